The molecule has 4 rings (SSSR count). The maximum atomic E-state index is 12.8. The zero-order valence-electron chi connectivity index (χ0n) is 20.7. The largest absolute Gasteiger partial charge is 0.496 e. The molecule has 0 saturated carbocycles. The molecule has 180 valence electrons. The highest BCUT2D eigenvalue weighted by molar-refractivity contribution is 5.92. The second-order valence-electron chi connectivity index (χ2n) is 9.31. The summed E-state index contributed by atoms with van der Waals surface area (Å²) < 4.78 is 7.66. The number of amides is 1. The first-order chi connectivity index (χ1) is 16.4. The van der Waals surface area contributed by atoms with Gasteiger partial charge in [-0.25, -0.2) is 0 Å². The topological polar surface area (TPSA) is 85.2 Å². The van der Waals surface area contributed by atoms with E-state index >= 15 is 0 Å². The molecule has 1 aliphatic heterocycles. The molecule has 0 radical (unpaired) electrons. The molecular weight excluding hydrogens is 428 g/mol. The van der Waals surface area contributed by atoms with Crippen LogP contribution in [0.25, 0.3) is 0 Å². The lowest BCUT2D eigenvalue weighted by atomic mass is 10.0. The number of carbonyl (C=O) groups excluding carboxylic acids is 1. The van der Waals surface area contributed by atoms with E-state index in [-0.39, 0.29) is 17.9 Å². The van der Waals surface area contributed by atoms with Gasteiger partial charge in [-0.15, -0.1) is 10.2 Å². The van der Waals surface area contributed by atoms with Gasteiger partial charge in [0.2, 0.25) is 0 Å². The zero-order valence-corrected chi connectivity index (χ0v) is 20.7. The van der Waals surface area contributed by atoms with Gasteiger partial charge in [0.25, 0.3) is 5.91 Å². The van der Waals surface area contributed by atoms with Gasteiger partial charge in [0.05, 0.1) is 13.2 Å². The summed E-state index contributed by atoms with van der Waals surface area (Å²) in [7, 11) is 1.71. The van der Waals surface area contributed by atoms with Gasteiger partial charge in [-0.3, -0.25) is 14.7 Å². The first-order valence-corrected chi connectivity index (χ1v) is 11.9. The average molecular weight is 463 g/mol. The Bertz CT molecular complexity index is 1140. The van der Waals surface area contributed by atoms with Crippen LogP contribution < -0.4 is 10.1 Å². The van der Waals surface area contributed by atoms with E-state index in [0.29, 0.717) is 5.69 Å². The fourth-order valence-electron chi connectivity index (χ4n) is 4.50. The number of aryl methyl sites for hydroxylation is 2. The minimum atomic E-state index is -0.242. The summed E-state index contributed by atoms with van der Waals surface area (Å²) in [5, 5.41) is 12.1. The molecule has 0 fully saturated rings. The van der Waals surface area contributed by atoms with Crippen LogP contribution in [0.5, 0.6) is 5.75 Å². The molecule has 2 aromatic heterocycles. The Kier molecular flexibility index (Phi) is 7.26. The number of aromatic nitrogens is 4. The second-order valence-corrected chi connectivity index (χ2v) is 9.31. The van der Waals surface area contributed by atoms with E-state index in [1.165, 1.54) is 11.1 Å². The van der Waals surface area contributed by atoms with Crippen LogP contribution in [0.4, 0.5) is 0 Å². The molecule has 8 nitrogen and oxygen atoms in total. The summed E-state index contributed by atoms with van der Waals surface area (Å²) in [5.41, 5.74) is 4.11. The van der Waals surface area contributed by atoms with E-state index in [0.717, 1.165) is 55.6 Å². The predicted molar refractivity (Wildman–Crippen MR) is 131 cm³/mol. The van der Waals surface area contributed by atoms with Gasteiger partial charge in [0, 0.05) is 38.8 Å². The number of methoxy groups -OCH3 is 1. The molecule has 0 saturated heterocycles. The maximum absolute atomic E-state index is 12.8. The van der Waals surface area contributed by atoms with E-state index in [1.54, 1.807) is 25.4 Å². The Balaban J connectivity index is 1.49. The number of benzene rings is 1. The van der Waals surface area contributed by atoms with Gasteiger partial charge in [0.1, 0.15) is 17.3 Å². The molecule has 1 aliphatic rings. The number of carbonyl (C=O) groups is 1. The van der Waals surface area contributed by atoms with Crippen LogP contribution in [0.1, 0.15) is 58.7 Å². The van der Waals surface area contributed by atoms with E-state index in [2.05, 4.69) is 69.8 Å². The number of rotatable bonds is 7. The molecule has 0 spiro atoms. The first kappa shape index (κ1) is 23.9. The average Bonchev–Trinajstić information content (AvgIpc) is 3.12. The summed E-state index contributed by atoms with van der Waals surface area (Å²) >= 11 is 0. The monoisotopic (exact) mass is 462 g/mol. The molecule has 1 amide bonds. The normalized spacial score (nSPS) is 15.0. The van der Waals surface area contributed by atoms with E-state index < -0.39 is 0 Å². The minimum absolute atomic E-state index is 0.158. The van der Waals surface area contributed by atoms with Crippen LogP contribution in [0.2, 0.25) is 0 Å². The number of hydrogen-bond donors (Lipinski definition) is 1. The first-order valence-electron chi connectivity index (χ1n) is 11.9. The van der Waals surface area contributed by atoms with E-state index in [1.807, 2.05) is 6.07 Å². The number of fused-ring (bicyclic) bond motifs is 1. The molecule has 1 aromatic carbocycles. The quantitative estimate of drug-likeness (QED) is 0.579. The van der Waals surface area contributed by atoms with E-state index in [9.17, 15) is 4.79 Å². The van der Waals surface area contributed by atoms with Crippen LogP contribution in [-0.2, 0) is 19.5 Å². The van der Waals surface area contributed by atoms with Crippen molar-refractivity contribution in [2.24, 2.45) is 5.92 Å². The van der Waals surface area contributed by atoms with Gasteiger partial charge in [0.15, 0.2) is 5.82 Å². The summed E-state index contributed by atoms with van der Waals surface area (Å²) in [6.07, 6.45) is 2.45. The van der Waals surface area contributed by atoms with Gasteiger partial charge in [-0.2, -0.15) is 0 Å². The molecule has 8 heteroatoms. The van der Waals surface area contributed by atoms with Crippen LogP contribution in [0, 0.1) is 19.8 Å². The Hall–Kier alpha value is -3.26. The van der Waals surface area contributed by atoms with Gasteiger partial charge >= 0.3 is 0 Å². The molecule has 1 atom stereocenters. The van der Waals surface area contributed by atoms with E-state index in [4.69, 9.17) is 4.74 Å². The van der Waals surface area contributed by atoms with Crippen LogP contribution in [0.15, 0.2) is 36.5 Å². The lowest BCUT2D eigenvalue weighted by Crippen LogP contribution is -2.34. The summed E-state index contributed by atoms with van der Waals surface area (Å²) in [6, 6.07) is 9.44. The van der Waals surface area contributed by atoms with Gasteiger partial charge in [-0.05, 0) is 54.7 Å². The van der Waals surface area contributed by atoms with Gasteiger partial charge < -0.3 is 14.6 Å². The maximum Gasteiger partial charge on any atom is 0.270 e. The molecule has 1 N–H and O–H groups in total. The van der Waals surface area contributed by atoms with Crippen molar-refractivity contribution in [1.29, 1.82) is 0 Å². The van der Waals surface area contributed by atoms with Crippen molar-refractivity contribution >= 4 is 5.91 Å². The summed E-state index contributed by atoms with van der Waals surface area (Å²) in [4.78, 5) is 19.4. The van der Waals surface area contributed by atoms with Crippen molar-refractivity contribution in [1.82, 2.24) is 30.0 Å². The second kappa shape index (κ2) is 10.3. The fraction of sp³-hybridized carbons (Fsp3) is 0.462. The Labute approximate surface area is 201 Å². The molecule has 0 aliphatic carbocycles. The van der Waals surface area contributed by atoms with Crippen LogP contribution >= 0.6 is 0 Å². The summed E-state index contributed by atoms with van der Waals surface area (Å²) in [5.74, 6) is 2.67. The number of pyridine rings is 1. The number of nitrogens with zero attached hydrogens (tertiary/aromatic N) is 5. The Morgan fingerprint density at radius 3 is 2.65 bits per heavy atom. The Morgan fingerprint density at radius 2 is 1.94 bits per heavy atom. The highest BCUT2D eigenvalue weighted by Crippen LogP contribution is 2.26. The molecule has 34 heavy (non-hydrogen) atoms. The third-order valence-corrected chi connectivity index (χ3v) is 6.52. The lowest BCUT2D eigenvalue weighted by molar-refractivity contribution is 0.0916. The molecule has 1 unspecified atom stereocenters. The third kappa shape index (κ3) is 5.12. The Morgan fingerprint density at radius 1 is 1.12 bits per heavy atom. The smallest absolute Gasteiger partial charge is 0.270 e. The van der Waals surface area contributed by atoms with Crippen LogP contribution in [-0.4, -0.2) is 50.8 Å². The fourth-order valence-corrected chi connectivity index (χ4v) is 4.50. The number of ether oxygens (including phenoxy) is 1. The lowest BCUT2D eigenvalue weighted by Gasteiger charge is -2.24. The van der Waals surface area contributed by atoms with Crippen LogP contribution in [0.3, 0.4) is 0 Å². The van der Waals surface area contributed by atoms with Crippen molar-refractivity contribution in [2.75, 3.05) is 20.2 Å². The predicted octanol–water partition coefficient (Wildman–Crippen LogP) is 3.48. The van der Waals surface area contributed by atoms with Crippen molar-refractivity contribution in [3.8, 4) is 5.75 Å². The molecule has 3 heterocycles. The number of hydrogen-bond acceptors (Lipinski definition) is 6. The van der Waals surface area contributed by atoms with Crippen molar-refractivity contribution < 1.29 is 9.53 Å². The van der Waals surface area contributed by atoms with Crippen molar-refractivity contribution in [3.05, 3.63) is 70.6 Å². The molecule has 3 aromatic rings. The standard InChI is InChI=1S/C26H34N6O2/c1-17(2)24(28-26(33)21-8-6-7-10-27-21)25-30-29-23-9-11-31(12-13-32(23)25)16-20-14-19(4)22(34-5)15-18(20)3/h6-8,10,14-15,17,24H,9,11-13,16H2,1-5H3,(H,28,33). The van der Waals surface area contributed by atoms with Gasteiger partial charge in [-0.1, -0.05) is 26.0 Å². The summed E-state index contributed by atoms with van der Waals surface area (Å²) in [6.45, 7) is 11.9. The molecular formula is C26H34N6O2. The SMILES string of the molecule is COc1cc(C)c(CN2CCc3nnc(C(NC(=O)c4ccccn4)C(C)C)n3CC2)cc1C. The highest BCUT2D eigenvalue weighted by Gasteiger charge is 2.28. The third-order valence-electron chi connectivity index (χ3n) is 6.52. The van der Waals surface area contributed by atoms with Crippen molar-refractivity contribution in [3.63, 3.8) is 0 Å². The van der Waals surface area contributed by atoms with Crippen molar-refractivity contribution in [2.45, 2.75) is 53.2 Å². The zero-order chi connectivity index (χ0) is 24.2. The molecule has 0 bridgehead atoms. The minimum Gasteiger partial charge on any atom is -0.496 e. The highest BCUT2D eigenvalue weighted by atomic mass is 16.5. The number of nitrogens with one attached hydrogen (secondary N) is 1.